The molecule has 2 amide bonds. The van der Waals surface area contributed by atoms with Crippen molar-refractivity contribution in [3.63, 3.8) is 0 Å². The molecule has 1 aromatic heterocycles. The van der Waals surface area contributed by atoms with E-state index in [0.717, 1.165) is 5.56 Å². The molecule has 3 atom stereocenters. The molecule has 2 aliphatic heterocycles. The first kappa shape index (κ1) is 25.9. The van der Waals surface area contributed by atoms with Crippen LogP contribution in [0.15, 0.2) is 60.8 Å². The summed E-state index contributed by atoms with van der Waals surface area (Å²) in [5, 5.41) is 17.8. The monoisotopic (exact) mass is 532 g/mol. The molecule has 2 aliphatic rings. The van der Waals surface area contributed by atoms with Gasteiger partial charge in [0.05, 0.1) is 17.2 Å². The number of carbonyl (C=O) groups is 2. The fourth-order valence-electron chi connectivity index (χ4n) is 4.66. The van der Waals surface area contributed by atoms with Crippen molar-refractivity contribution >= 4 is 23.4 Å². The van der Waals surface area contributed by atoms with Crippen molar-refractivity contribution in [3.8, 4) is 17.3 Å². The molecule has 202 valence electrons. The predicted molar refractivity (Wildman–Crippen MR) is 141 cm³/mol. The molecule has 1 fully saturated rings. The number of aromatic nitrogens is 2. The van der Waals surface area contributed by atoms with Crippen molar-refractivity contribution in [2.24, 2.45) is 5.92 Å². The average Bonchev–Trinajstić information content (AvgIpc) is 3.37. The van der Waals surface area contributed by atoms with Gasteiger partial charge in [-0.1, -0.05) is 49.4 Å². The Balaban J connectivity index is 1.43. The average molecular weight is 533 g/mol. The van der Waals surface area contributed by atoms with E-state index >= 15 is 0 Å². The third-order valence-electron chi connectivity index (χ3n) is 6.68. The largest absolute Gasteiger partial charge is 0.458 e. The zero-order chi connectivity index (χ0) is 27.4. The molecule has 0 aliphatic carbocycles. The lowest BCUT2D eigenvalue weighted by Crippen LogP contribution is -2.47. The number of likely N-dealkylation sites (tertiary alicyclic amines) is 1. The van der Waals surface area contributed by atoms with E-state index in [1.807, 2.05) is 37.3 Å². The summed E-state index contributed by atoms with van der Waals surface area (Å²) in [6.07, 6.45) is 0.558. The number of nitrogens with zero attached hydrogens (tertiary/aromatic N) is 4. The number of hydrogen-bond donors (Lipinski definition) is 2. The molecule has 0 radical (unpaired) electrons. The molecule has 2 aromatic carbocycles. The Morgan fingerprint density at radius 2 is 1.95 bits per heavy atom. The predicted octanol–water partition coefficient (Wildman–Crippen LogP) is 3.39. The van der Waals surface area contributed by atoms with Crippen LogP contribution in [0.2, 0.25) is 0 Å². The summed E-state index contributed by atoms with van der Waals surface area (Å²) in [6, 6.07) is 14.9. The van der Waals surface area contributed by atoms with E-state index in [2.05, 4.69) is 20.6 Å². The van der Waals surface area contributed by atoms with Crippen molar-refractivity contribution in [1.29, 1.82) is 0 Å². The maximum absolute atomic E-state index is 13.2. The third kappa shape index (κ3) is 5.89. The summed E-state index contributed by atoms with van der Waals surface area (Å²) >= 11 is 0. The molecule has 0 saturated carbocycles. The number of ether oxygens (including phenoxy) is 2. The van der Waals surface area contributed by atoms with Gasteiger partial charge in [-0.15, -0.1) is 0 Å². The topological polar surface area (TPSA) is 149 Å². The molecule has 1 saturated heterocycles. The number of fused-ring (bicyclic) bond motifs is 6. The first-order chi connectivity index (χ1) is 18.9. The lowest BCUT2D eigenvalue weighted by atomic mass is 10.1. The maximum Gasteiger partial charge on any atom is 0.410 e. The van der Waals surface area contributed by atoms with Crippen LogP contribution in [-0.4, -0.2) is 63.6 Å². The smallest absolute Gasteiger partial charge is 0.410 e. The Morgan fingerprint density at radius 3 is 2.74 bits per heavy atom. The standard InChI is InChI=1S/C27H28N6O6/c1-17-13-29-24-20(8-5-9-22(24)33(36)37)21-10-11-28-26(31-21)39-19-12-23(25(34)30-14-17)32(15-19)27(35)38-16-18-6-3-2-4-7-18/h2-11,17,19,23,29H,12-16H2,1H3,(H,30,34)/t17?,19-,23-/m0/s1. The van der Waals surface area contributed by atoms with Gasteiger partial charge in [0, 0.05) is 37.3 Å². The van der Waals surface area contributed by atoms with Crippen LogP contribution >= 0.6 is 0 Å². The van der Waals surface area contributed by atoms with E-state index in [-0.39, 0.29) is 43.1 Å². The van der Waals surface area contributed by atoms with Crippen LogP contribution in [0.3, 0.4) is 0 Å². The van der Waals surface area contributed by atoms with Gasteiger partial charge in [-0.25, -0.2) is 9.78 Å². The Morgan fingerprint density at radius 1 is 1.15 bits per heavy atom. The number of hydrogen-bond acceptors (Lipinski definition) is 9. The number of nitrogens with one attached hydrogen (secondary N) is 2. The van der Waals surface area contributed by atoms with Crippen LogP contribution in [0.5, 0.6) is 6.01 Å². The number of nitro benzene ring substituents is 1. The number of rotatable bonds is 3. The highest BCUT2D eigenvalue weighted by atomic mass is 16.6. The van der Waals surface area contributed by atoms with Crippen molar-refractivity contribution in [3.05, 3.63) is 76.5 Å². The van der Waals surface area contributed by atoms with Gasteiger partial charge in [0.2, 0.25) is 5.91 Å². The summed E-state index contributed by atoms with van der Waals surface area (Å²) in [7, 11) is 0. The fourth-order valence-corrected chi connectivity index (χ4v) is 4.66. The summed E-state index contributed by atoms with van der Waals surface area (Å²) in [6.45, 7) is 2.75. The van der Waals surface area contributed by atoms with E-state index in [4.69, 9.17) is 9.47 Å². The lowest BCUT2D eigenvalue weighted by molar-refractivity contribution is -0.383. The zero-order valence-electron chi connectivity index (χ0n) is 21.3. The van der Waals surface area contributed by atoms with Gasteiger partial charge in [-0.2, -0.15) is 4.98 Å². The van der Waals surface area contributed by atoms with E-state index in [1.165, 1.54) is 17.2 Å². The summed E-state index contributed by atoms with van der Waals surface area (Å²) in [5.41, 5.74) is 2.04. The fraction of sp³-hybridized carbons (Fsp3) is 0.333. The van der Waals surface area contributed by atoms with Crippen LogP contribution in [0.1, 0.15) is 18.9 Å². The van der Waals surface area contributed by atoms with Gasteiger partial charge < -0.3 is 20.1 Å². The van der Waals surface area contributed by atoms with Crippen LogP contribution < -0.4 is 15.4 Å². The number of amides is 2. The highest BCUT2D eigenvalue weighted by Crippen LogP contribution is 2.35. The normalized spacial score (nSPS) is 20.8. The SMILES string of the molecule is CC1CNC(=O)[C@@H]2C[C@@H](CN2C(=O)OCc2ccccc2)Oc2nccc(n2)-c2cccc([N+](=O)[O-])c2NC1. The van der Waals surface area contributed by atoms with Crippen molar-refractivity contribution in [1.82, 2.24) is 20.2 Å². The first-order valence-electron chi connectivity index (χ1n) is 12.7. The molecule has 4 bridgehead atoms. The van der Waals surface area contributed by atoms with Gasteiger partial charge in [0.25, 0.3) is 5.69 Å². The summed E-state index contributed by atoms with van der Waals surface area (Å²) in [4.78, 5) is 47.6. The molecule has 39 heavy (non-hydrogen) atoms. The summed E-state index contributed by atoms with van der Waals surface area (Å²) < 4.78 is 11.5. The Bertz CT molecular complexity index is 1370. The molecule has 2 N–H and O–H groups in total. The van der Waals surface area contributed by atoms with E-state index < -0.39 is 23.2 Å². The van der Waals surface area contributed by atoms with Gasteiger partial charge in [0.1, 0.15) is 24.4 Å². The highest BCUT2D eigenvalue weighted by Gasteiger charge is 2.42. The van der Waals surface area contributed by atoms with Crippen LogP contribution in [0.25, 0.3) is 11.3 Å². The third-order valence-corrected chi connectivity index (χ3v) is 6.68. The zero-order valence-corrected chi connectivity index (χ0v) is 21.3. The summed E-state index contributed by atoms with van der Waals surface area (Å²) in [5.74, 6) is -0.417. The van der Waals surface area contributed by atoms with Gasteiger partial charge >= 0.3 is 12.1 Å². The van der Waals surface area contributed by atoms with Crippen molar-refractivity contribution < 1.29 is 24.0 Å². The number of carbonyl (C=O) groups excluding carboxylic acids is 2. The molecule has 3 aromatic rings. The second-order valence-corrected chi connectivity index (χ2v) is 9.60. The van der Waals surface area contributed by atoms with E-state index in [9.17, 15) is 19.7 Å². The molecule has 12 nitrogen and oxygen atoms in total. The minimum atomic E-state index is -0.801. The van der Waals surface area contributed by atoms with Crippen molar-refractivity contribution in [2.45, 2.75) is 32.1 Å². The Hall–Kier alpha value is -4.74. The maximum atomic E-state index is 13.2. The van der Waals surface area contributed by atoms with E-state index in [0.29, 0.717) is 30.0 Å². The molecular weight excluding hydrogens is 504 g/mol. The number of para-hydroxylation sites is 1. The number of benzene rings is 2. The van der Waals surface area contributed by atoms with Crippen LogP contribution in [0.4, 0.5) is 16.2 Å². The highest BCUT2D eigenvalue weighted by molar-refractivity contribution is 5.86. The minimum absolute atomic E-state index is 0.0388. The molecular formula is C27H28N6O6. The number of anilines is 1. The molecule has 5 rings (SSSR count). The second-order valence-electron chi connectivity index (χ2n) is 9.60. The molecule has 0 spiro atoms. The van der Waals surface area contributed by atoms with Crippen LogP contribution in [0, 0.1) is 16.0 Å². The second kappa shape index (κ2) is 11.3. The minimum Gasteiger partial charge on any atom is -0.458 e. The molecule has 1 unspecified atom stereocenters. The van der Waals surface area contributed by atoms with Crippen LogP contribution in [-0.2, 0) is 16.1 Å². The first-order valence-corrected chi connectivity index (χ1v) is 12.7. The van der Waals surface area contributed by atoms with Gasteiger partial charge in [0.15, 0.2) is 0 Å². The molecule has 3 heterocycles. The van der Waals surface area contributed by atoms with E-state index in [1.54, 1.807) is 18.2 Å². The van der Waals surface area contributed by atoms with Crippen molar-refractivity contribution in [2.75, 3.05) is 25.0 Å². The quantitative estimate of drug-likeness (QED) is 0.382. The molecule has 12 heteroatoms. The Labute approximate surface area is 224 Å². The Kier molecular flexibility index (Phi) is 7.53. The van der Waals surface area contributed by atoms with Gasteiger partial charge in [-0.05, 0) is 17.5 Å². The lowest BCUT2D eigenvalue weighted by Gasteiger charge is -2.24. The number of nitro groups is 1. The van der Waals surface area contributed by atoms with Gasteiger partial charge in [-0.3, -0.25) is 19.8 Å².